The van der Waals surface area contributed by atoms with Crippen LogP contribution in [0, 0.1) is 0 Å². The first kappa shape index (κ1) is 13.3. The van der Waals surface area contributed by atoms with Gasteiger partial charge in [0, 0.05) is 6.61 Å². The Morgan fingerprint density at radius 1 is 1.19 bits per heavy atom. The van der Waals surface area contributed by atoms with Crippen LogP contribution in [-0.4, -0.2) is 13.7 Å². The Labute approximate surface area is 98.2 Å². The first-order chi connectivity index (χ1) is 7.86. The monoisotopic (exact) mass is 225 g/mol. The molecule has 0 bridgehead atoms. The molecule has 0 radical (unpaired) electrons. The standard InChI is InChI=1S/C13H23NO2/c1-3-4-5-6-9-15-11-13-8-7-12(16-13)10-14-2/h7-8,14H,3-6,9-11H2,1-2H3. The minimum absolute atomic E-state index is 0.593. The third-order valence-electron chi connectivity index (χ3n) is 2.45. The molecule has 0 aliphatic rings. The first-order valence-electron chi connectivity index (χ1n) is 6.16. The number of unbranched alkanes of at least 4 members (excludes halogenated alkanes) is 3. The highest BCUT2D eigenvalue weighted by atomic mass is 16.5. The molecule has 0 amide bonds. The van der Waals surface area contributed by atoms with Crippen molar-refractivity contribution in [3.63, 3.8) is 0 Å². The maximum atomic E-state index is 5.56. The molecule has 3 nitrogen and oxygen atoms in total. The van der Waals surface area contributed by atoms with Gasteiger partial charge in [0.25, 0.3) is 0 Å². The molecule has 1 heterocycles. The van der Waals surface area contributed by atoms with Crippen LogP contribution in [0.1, 0.15) is 44.1 Å². The third kappa shape index (κ3) is 5.33. The molecule has 0 aliphatic carbocycles. The van der Waals surface area contributed by atoms with Gasteiger partial charge in [0.05, 0.1) is 6.54 Å². The minimum atomic E-state index is 0.593. The third-order valence-corrected chi connectivity index (χ3v) is 2.45. The molecule has 0 atom stereocenters. The van der Waals surface area contributed by atoms with Crippen LogP contribution in [0.25, 0.3) is 0 Å². The summed E-state index contributed by atoms with van der Waals surface area (Å²) in [6.45, 7) is 4.42. The Kier molecular flexibility index (Phi) is 6.93. The molecule has 0 aromatic carbocycles. The molecule has 1 N–H and O–H groups in total. The molecule has 92 valence electrons. The predicted molar refractivity (Wildman–Crippen MR) is 65.3 cm³/mol. The van der Waals surface area contributed by atoms with Crippen LogP contribution < -0.4 is 5.32 Å². The van der Waals surface area contributed by atoms with Crippen LogP contribution in [0.5, 0.6) is 0 Å². The summed E-state index contributed by atoms with van der Waals surface area (Å²) >= 11 is 0. The van der Waals surface area contributed by atoms with E-state index in [1.54, 1.807) is 0 Å². The summed E-state index contributed by atoms with van der Waals surface area (Å²) in [5, 5.41) is 3.05. The molecule has 0 spiro atoms. The molecule has 0 saturated heterocycles. The molecule has 16 heavy (non-hydrogen) atoms. The summed E-state index contributed by atoms with van der Waals surface area (Å²) in [7, 11) is 1.91. The number of hydrogen-bond acceptors (Lipinski definition) is 3. The Hall–Kier alpha value is -0.800. The van der Waals surface area contributed by atoms with E-state index in [1.807, 2.05) is 19.2 Å². The van der Waals surface area contributed by atoms with Crippen LogP contribution in [0.4, 0.5) is 0 Å². The number of rotatable bonds is 9. The van der Waals surface area contributed by atoms with Crippen molar-refractivity contribution in [2.75, 3.05) is 13.7 Å². The number of furan rings is 1. The van der Waals surface area contributed by atoms with Gasteiger partial charge in [0.2, 0.25) is 0 Å². The Bertz CT molecular complexity index is 271. The summed E-state index contributed by atoms with van der Waals surface area (Å²) in [6.07, 6.45) is 4.99. The molecule has 0 aliphatic heterocycles. The lowest BCUT2D eigenvalue weighted by atomic mass is 10.2. The van der Waals surface area contributed by atoms with Gasteiger partial charge in [-0.15, -0.1) is 0 Å². The van der Waals surface area contributed by atoms with Gasteiger partial charge >= 0.3 is 0 Å². The highest BCUT2D eigenvalue weighted by Crippen LogP contribution is 2.09. The fourth-order valence-electron chi connectivity index (χ4n) is 1.57. The van der Waals surface area contributed by atoms with Crippen molar-refractivity contribution in [3.8, 4) is 0 Å². The fourth-order valence-corrected chi connectivity index (χ4v) is 1.57. The lowest BCUT2D eigenvalue weighted by molar-refractivity contribution is 0.101. The van der Waals surface area contributed by atoms with Gasteiger partial charge in [-0.25, -0.2) is 0 Å². The van der Waals surface area contributed by atoms with E-state index >= 15 is 0 Å². The van der Waals surface area contributed by atoms with Crippen LogP contribution in [0.3, 0.4) is 0 Å². The zero-order valence-electron chi connectivity index (χ0n) is 10.4. The average molecular weight is 225 g/mol. The molecular weight excluding hydrogens is 202 g/mol. The molecule has 1 aromatic heterocycles. The van der Waals surface area contributed by atoms with Crippen LogP contribution in [0.2, 0.25) is 0 Å². The van der Waals surface area contributed by atoms with Crippen molar-refractivity contribution >= 4 is 0 Å². The number of nitrogens with one attached hydrogen (secondary N) is 1. The van der Waals surface area contributed by atoms with Gasteiger partial charge in [-0.2, -0.15) is 0 Å². The van der Waals surface area contributed by atoms with Crippen molar-refractivity contribution in [1.82, 2.24) is 5.32 Å². The van der Waals surface area contributed by atoms with Gasteiger partial charge in [-0.05, 0) is 25.6 Å². The molecule has 0 saturated carbocycles. The van der Waals surface area contributed by atoms with Crippen molar-refractivity contribution in [2.45, 2.75) is 45.8 Å². The second kappa shape index (κ2) is 8.36. The molecular formula is C13H23NO2. The van der Waals surface area contributed by atoms with E-state index in [0.29, 0.717) is 6.61 Å². The van der Waals surface area contributed by atoms with Gasteiger partial charge < -0.3 is 14.5 Å². The predicted octanol–water partition coefficient (Wildman–Crippen LogP) is 3.10. The highest BCUT2D eigenvalue weighted by Gasteiger charge is 2.00. The van der Waals surface area contributed by atoms with E-state index in [2.05, 4.69) is 12.2 Å². The lowest BCUT2D eigenvalue weighted by Gasteiger charge is -2.01. The molecule has 0 unspecified atom stereocenters. The summed E-state index contributed by atoms with van der Waals surface area (Å²) in [5.41, 5.74) is 0. The average Bonchev–Trinajstić information content (AvgIpc) is 2.72. The van der Waals surface area contributed by atoms with E-state index in [0.717, 1.165) is 31.1 Å². The van der Waals surface area contributed by atoms with E-state index in [9.17, 15) is 0 Å². The summed E-state index contributed by atoms with van der Waals surface area (Å²) in [5.74, 6) is 1.88. The van der Waals surface area contributed by atoms with Crippen LogP contribution in [0.15, 0.2) is 16.5 Å². The van der Waals surface area contributed by atoms with E-state index in [-0.39, 0.29) is 0 Å². The van der Waals surface area contributed by atoms with Crippen LogP contribution in [-0.2, 0) is 17.9 Å². The normalized spacial score (nSPS) is 10.9. The van der Waals surface area contributed by atoms with E-state index in [1.165, 1.54) is 19.3 Å². The van der Waals surface area contributed by atoms with Crippen LogP contribution >= 0.6 is 0 Å². The fraction of sp³-hybridized carbons (Fsp3) is 0.692. The van der Waals surface area contributed by atoms with E-state index < -0.39 is 0 Å². The quantitative estimate of drug-likeness (QED) is 0.656. The molecule has 1 rings (SSSR count). The van der Waals surface area contributed by atoms with Crippen molar-refractivity contribution in [1.29, 1.82) is 0 Å². The summed E-state index contributed by atoms with van der Waals surface area (Å²) in [6, 6.07) is 3.98. The topological polar surface area (TPSA) is 34.4 Å². The summed E-state index contributed by atoms with van der Waals surface area (Å²) < 4.78 is 11.1. The Morgan fingerprint density at radius 2 is 2.00 bits per heavy atom. The van der Waals surface area contributed by atoms with Gasteiger partial charge in [-0.1, -0.05) is 26.2 Å². The second-order valence-corrected chi connectivity index (χ2v) is 4.01. The first-order valence-corrected chi connectivity index (χ1v) is 6.16. The van der Waals surface area contributed by atoms with Crippen molar-refractivity contribution in [2.24, 2.45) is 0 Å². The SMILES string of the molecule is CCCCCCOCc1ccc(CNC)o1. The Balaban J connectivity index is 2.07. The maximum absolute atomic E-state index is 5.56. The molecule has 3 heteroatoms. The summed E-state index contributed by atoms with van der Waals surface area (Å²) in [4.78, 5) is 0. The number of ether oxygens (including phenoxy) is 1. The molecule has 0 fully saturated rings. The minimum Gasteiger partial charge on any atom is -0.462 e. The zero-order valence-corrected chi connectivity index (χ0v) is 10.4. The second-order valence-electron chi connectivity index (χ2n) is 4.01. The zero-order chi connectivity index (χ0) is 11.6. The number of hydrogen-bond donors (Lipinski definition) is 1. The molecule has 1 aromatic rings. The highest BCUT2D eigenvalue weighted by molar-refractivity contribution is 5.06. The van der Waals surface area contributed by atoms with E-state index in [4.69, 9.17) is 9.15 Å². The van der Waals surface area contributed by atoms with Gasteiger partial charge in [0.1, 0.15) is 18.1 Å². The van der Waals surface area contributed by atoms with Gasteiger partial charge in [-0.3, -0.25) is 0 Å². The van der Waals surface area contributed by atoms with Crippen molar-refractivity contribution in [3.05, 3.63) is 23.7 Å². The Morgan fingerprint density at radius 3 is 2.75 bits per heavy atom. The maximum Gasteiger partial charge on any atom is 0.129 e. The van der Waals surface area contributed by atoms with Gasteiger partial charge in [0.15, 0.2) is 0 Å². The largest absolute Gasteiger partial charge is 0.462 e. The lowest BCUT2D eigenvalue weighted by Crippen LogP contribution is -2.03. The smallest absolute Gasteiger partial charge is 0.129 e. The van der Waals surface area contributed by atoms with Crippen molar-refractivity contribution < 1.29 is 9.15 Å².